The van der Waals surface area contributed by atoms with E-state index in [-0.39, 0.29) is 5.56 Å². The lowest BCUT2D eigenvalue weighted by Gasteiger charge is -2.08. The van der Waals surface area contributed by atoms with Crippen molar-refractivity contribution in [2.75, 3.05) is 0 Å². The zero-order chi connectivity index (χ0) is 21.1. The molecule has 0 aliphatic carbocycles. The average Bonchev–Trinajstić information content (AvgIpc) is 2.79. The molecule has 30 heavy (non-hydrogen) atoms. The van der Waals surface area contributed by atoms with E-state index in [1.807, 2.05) is 24.3 Å². The van der Waals surface area contributed by atoms with Crippen LogP contribution in [0.15, 0.2) is 84.9 Å². The number of benzene rings is 4. The molecule has 0 aliphatic heterocycles. The van der Waals surface area contributed by atoms with Crippen LogP contribution in [-0.4, -0.2) is 0 Å². The maximum absolute atomic E-state index is 14.0. The summed E-state index contributed by atoms with van der Waals surface area (Å²) in [5.41, 5.74) is 6.19. The van der Waals surface area contributed by atoms with Crippen LogP contribution in [0.25, 0.3) is 33.4 Å². The molecule has 3 heteroatoms. The van der Waals surface area contributed by atoms with Crippen LogP contribution >= 0.6 is 0 Å². The van der Waals surface area contributed by atoms with Gasteiger partial charge in [0.05, 0.1) is 0 Å². The summed E-state index contributed by atoms with van der Waals surface area (Å²) in [4.78, 5) is 0. The molecule has 0 heterocycles. The maximum Gasteiger partial charge on any atom is 0.195 e. The number of halogens is 3. The molecule has 0 bridgehead atoms. The molecule has 4 aromatic carbocycles. The van der Waals surface area contributed by atoms with Crippen molar-refractivity contribution in [1.29, 1.82) is 0 Å². The van der Waals surface area contributed by atoms with Crippen LogP contribution in [0, 0.1) is 17.5 Å². The molecule has 4 aromatic rings. The first-order valence-electron chi connectivity index (χ1n) is 10.0. The molecule has 0 amide bonds. The highest BCUT2D eigenvalue weighted by Crippen LogP contribution is 2.30. The maximum atomic E-state index is 14.0. The molecule has 0 N–H and O–H groups in total. The van der Waals surface area contributed by atoms with Gasteiger partial charge in [-0.25, -0.2) is 13.2 Å². The van der Waals surface area contributed by atoms with Gasteiger partial charge in [-0.15, -0.1) is 0 Å². The highest BCUT2D eigenvalue weighted by Gasteiger charge is 2.14. The van der Waals surface area contributed by atoms with Crippen molar-refractivity contribution >= 4 is 0 Å². The van der Waals surface area contributed by atoms with E-state index in [1.54, 1.807) is 12.1 Å². The van der Waals surface area contributed by atoms with E-state index in [0.717, 1.165) is 35.6 Å². The zero-order valence-corrected chi connectivity index (χ0v) is 16.6. The molecule has 0 radical (unpaired) electrons. The Kier molecular flexibility index (Phi) is 5.71. The normalized spacial score (nSPS) is 10.9. The molecule has 0 saturated heterocycles. The fourth-order valence-corrected chi connectivity index (χ4v) is 3.60. The van der Waals surface area contributed by atoms with Crippen molar-refractivity contribution in [2.24, 2.45) is 0 Å². The smallest absolute Gasteiger partial charge is 0.195 e. The molecule has 0 atom stereocenters. The van der Waals surface area contributed by atoms with Crippen LogP contribution in [0.2, 0.25) is 0 Å². The van der Waals surface area contributed by atoms with Crippen LogP contribution in [-0.2, 0) is 6.42 Å². The molecule has 0 nitrogen and oxygen atoms in total. The van der Waals surface area contributed by atoms with Crippen LogP contribution in [0.5, 0.6) is 0 Å². The third-order valence-electron chi connectivity index (χ3n) is 5.28. The lowest BCUT2D eigenvalue weighted by atomic mass is 9.97. The number of rotatable bonds is 5. The molecular weight excluding hydrogens is 381 g/mol. The number of aryl methyl sites for hydroxylation is 1. The topological polar surface area (TPSA) is 0 Å². The van der Waals surface area contributed by atoms with E-state index in [4.69, 9.17) is 0 Å². The molecule has 0 fully saturated rings. The lowest BCUT2D eigenvalue weighted by molar-refractivity contribution is 0.449. The second kappa shape index (κ2) is 8.58. The van der Waals surface area contributed by atoms with Crippen LogP contribution < -0.4 is 0 Å². The molecule has 0 aliphatic rings. The predicted molar refractivity (Wildman–Crippen MR) is 117 cm³/mol. The average molecular weight is 402 g/mol. The molecular formula is C27H21F3. The Balaban J connectivity index is 1.56. The Labute approximate surface area is 174 Å². The highest BCUT2D eigenvalue weighted by atomic mass is 19.2. The largest absolute Gasteiger partial charge is 0.204 e. The molecule has 0 spiro atoms. The minimum Gasteiger partial charge on any atom is -0.204 e. The second-order valence-corrected chi connectivity index (χ2v) is 7.32. The van der Waals surface area contributed by atoms with Crippen molar-refractivity contribution in [3.05, 3.63) is 108 Å². The zero-order valence-electron chi connectivity index (χ0n) is 16.6. The van der Waals surface area contributed by atoms with Gasteiger partial charge in [-0.3, -0.25) is 0 Å². The van der Waals surface area contributed by atoms with E-state index in [2.05, 4.69) is 43.3 Å². The van der Waals surface area contributed by atoms with E-state index in [0.29, 0.717) is 5.56 Å². The van der Waals surface area contributed by atoms with Gasteiger partial charge < -0.3 is 0 Å². The quantitative estimate of drug-likeness (QED) is 0.296. The SMILES string of the molecule is CCCc1ccc(-c2ccc(-c3ccc(-c4ccc(F)c(F)c4F)cc3)cc2)cc1. The van der Waals surface area contributed by atoms with Gasteiger partial charge in [-0.1, -0.05) is 86.1 Å². The Bertz CT molecular complexity index is 1140. The summed E-state index contributed by atoms with van der Waals surface area (Å²) in [5.74, 6) is -3.81. The van der Waals surface area contributed by atoms with Gasteiger partial charge in [0.25, 0.3) is 0 Å². The monoisotopic (exact) mass is 402 g/mol. The lowest BCUT2D eigenvalue weighted by Crippen LogP contribution is -1.93. The summed E-state index contributed by atoms with van der Waals surface area (Å²) in [7, 11) is 0. The third kappa shape index (κ3) is 4.02. The van der Waals surface area contributed by atoms with E-state index in [9.17, 15) is 13.2 Å². The van der Waals surface area contributed by atoms with Gasteiger partial charge in [0.15, 0.2) is 17.5 Å². The predicted octanol–water partition coefficient (Wildman–Crippen LogP) is 8.06. The van der Waals surface area contributed by atoms with Gasteiger partial charge >= 0.3 is 0 Å². The number of hydrogen-bond donors (Lipinski definition) is 0. The van der Waals surface area contributed by atoms with Gasteiger partial charge in [-0.2, -0.15) is 0 Å². The van der Waals surface area contributed by atoms with Gasteiger partial charge in [0, 0.05) is 5.56 Å². The van der Waals surface area contributed by atoms with Crippen molar-refractivity contribution in [3.8, 4) is 33.4 Å². The Morgan fingerprint density at radius 2 is 0.933 bits per heavy atom. The van der Waals surface area contributed by atoms with Crippen LogP contribution in [0.3, 0.4) is 0 Å². The van der Waals surface area contributed by atoms with Gasteiger partial charge in [-0.05, 0) is 51.9 Å². The molecule has 150 valence electrons. The van der Waals surface area contributed by atoms with Crippen LogP contribution in [0.4, 0.5) is 13.2 Å². The van der Waals surface area contributed by atoms with Gasteiger partial charge in [0.2, 0.25) is 0 Å². The van der Waals surface area contributed by atoms with Crippen molar-refractivity contribution in [3.63, 3.8) is 0 Å². The summed E-state index contributed by atoms with van der Waals surface area (Å²) >= 11 is 0. The summed E-state index contributed by atoms with van der Waals surface area (Å²) < 4.78 is 40.7. The Hall–Kier alpha value is -3.33. The highest BCUT2D eigenvalue weighted by molar-refractivity contribution is 5.73. The van der Waals surface area contributed by atoms with E-state index in [1.165, 1.54) is 17.2 Å². The fourth-order valence-electron chi connectivity index (χ4n) is 3.60. The third-order valence-corrected chi connectivity index (χ3v) is 5.28. The molecule has 0 unspecified atom stereocenters. The first kappa shape index (κ1) is 20.0. The second-order valence-electron chi connectivity index (χ2n) is 7.32. The Morgan fingerprint density at radius 1 is 0.500 bits per heavy atom. The minimum atomic E-state index is -1.45. The summed E-state index contributed by atoms with van der Waals surface area (Å²) in [5, 5.41) is 0. The van der Waals surface area contributed by atoms with Crippen molar-refractivity contribution in [1.82, 2.24) is 0 Å². The number of hydrogen-bond acceptors (Lipinski definition) is 0. The summed E-state index contributed by atoms with van der Waals surface area (Å²) in [6, 6.07) is 26.2. The molecule has 4 rings (SSSR count). The van der Waals surface area contributed by atoms with E-state index >= 15 is 0 Å². The van der Waals surface area contributed by atoms with Crippen LogP contribution in [0.1, 0.15) is 18.9 Å². The van der Waals surface area contributed by atoms with Crippen molar-refractivity contribution < 1.29 is 13.2 Å². The fraction of sp³-hybridized carbons (Fsp3) is 0.111. The summed E-state index contributed by atoms with van der Waals surface area (Å²) in [6.07, 6.45) is 2.22. The Morgan fingerprint density at radius 3 is 1.40 bits per heavy atom. The summed E-state index contributed by atoms with van der Waals surface area (Å²) in [6.45, 7) is 2.17. The molecule has 0 aromatic heterocycles. The molecule has 0 saturated carbocycles. The van der Waals surface area contributed by atoms with Gasteiger partial charge in [0.1, 0.15) is 0 Å². The first-order chi connectivity index (χ1) is 14.6. The van der Waals surface area contributed by atoms with E-state index < -0.39 is 17.5 Å². The first-order valence-corrected chi connectivity index (χ1v) is 10.0. The van der Waals surface area contributed by atoms with Crippen molar-refractivity contribution in [2.45, 2.75) is 19.8 Å². The standard InChI is InChI=1S/C27H21F3/c1-2-3-18-4-6-19(7-5-18)20-8-10-21(11-9-20)22-12-14-23(15-13-22)24-16-17-25(28)27(30)26(24)29/h4-17H,2-3H2,1H3. The minimum absolute atomic E-state index is 0.0438.